The van der Waals surface area contributed by atoms with Gasteiger partial charge in [0.15, 0.2) is 15.6 Å². The molecule has 1 amide bonds. The number of carbonyl (C=O) groups excluding carboxylic acids is 1. The van der Waals surface area contributed by atoms with Gasteiger partial charge in [0.1, 0.15) is 0 Å². The van der Waals surface area contributed by atoms with Crippen molar-refractivity contribution in [3.05, 3.63) is 45.3 Å². The van der Waals surface area contributed by atoms with Gasteiger partial charge >= 0.3 is 0 Å². The highest BCUT2D eigenvalue weighted by Crippen LogP contribution is 2.34. The number of hydrogen-bond acceptors (Lipinski definition) is 5. The van der Waals surface area contributed by atoms with Gasteiger partial charge < -0.3 is 9.32 Å². The predicted octanol–water partition coefficient (Wildman–Crippen LogP) is 5.63. The standard InChI is InChI=1S/C18H19BrClN3O2S.ClH/c1-11-12(20)5-7-14-16(11)21-18(26-14)23(10-4-9-22(2)3)17(24)13-6-8-15(19)25-13;/h5-8H,4,9-10H2,1-3H3;1H. The van der Waals surface area contributed by atoms with E-state index in [1.807, 2.05) is 33.2 Å². The highest BCUT2D eigenvalue weighted by Gasteiger charge is 2.24. The molecule has 0 spiro atoms. The van der Waals surface area contributed by atoms with Crippen LogP contribution in [0.2, 0.25) is 5.02 Å². The van der Waals surface area contributed by atoms with Gasteiger partial charge in [0.05, 0.1) is 10.2 Å². The zero-order valence-electron chi connectivity index (χ0n) is 15.2. The van der Waals surface area contributed by atoms with Gasteiger partial charge in [-0.2, -0.15) is 0 Å². The quantitative estimate of drug-likeness (QED) is 0.447. The first-order valence-electron chi connectivity index (χ1n) is 8.14. The average Bonchev–Trinajstić information content (AvgIpc) is 3.21. The van der Waals surface area contributed by atoms with Gasteiger partial charge in [0.2, 0.25) is 0 Å². The third kappa shape index (κ3) is 5.03. The van der Waals surface area contributed by atoms with E-state index in [0.717, 1.165) is 28.7 Å². The molecule has 3 rings (SSSR count). The van der Waals surface area contributed by atoms with Gasteiger partial charge in [0.25, 0.3) is 5.91 Å². The van der Waals surface area contributed by atoms with Gasteiger partial charge in [-0.3, -0.25) is 9.69 Å². The van der Waals surface area contributed by atoms with Gasteiger partial charge in [0, 0.05) is 11.6 Å². The van der Waals surface area contributed by atoms with E-state index in [4.69, 9.17) is 21.0 Å². The molecule has 5 nitrogen and oxygen atoms in total. The molecule has 0 saturated heterocycles. The molecular formula is C18H20BrCl2N3O2S. The minimum Gasteiger partial charge on any atom is -0.444 e. The normalized spacial score (nSPS) is 11.0. The number of furan rings is 1. The lowest BCUT2D eigenvalue weighted by Gasteiger charge is -2.19. The molecule has 0 saturated carbocycles. The highest BCUT2D eigenvalue weighted by atomic mass is 79.9. The summed E-state index contributed by atoms with van der Waals surface area (Å²) < 4.78 is 7.00. The Hall–Kier alpha value is -1.12. The van der Waals surface area contributed by atoms with E-state index in [2.05, 4.69) is 20.8 Å². The number of rotatable bonds is 6. The topological polar surface area (TPSA) is 49.6 Å². The first-order chi connectivity index (χ1) is 12.4. The number of thiazole rings is 1. The van der Waals surface area contributed by atoms with Crippen LogP contribution in [-0.2, 0) is 0 Å². The largest absolute Gasteiger partial charge is 0.444 e. The molecule has 0 N–H and O–H groups in total. The van der Waals surface area contributed by atoms with Crippen molar-refractivity contribution in [1.82, 2.24) is 9.88 Å². The number of halogens is 3. The number of aromatic nitrogens is 1. The van der Waals surface area contributed by atoms with E-state index in [9.17, 15) is 4.79 Å². The summed E-state index contributed by atoms with van der Waals surface area (Å²) in [6.07, 6.45) is 0.830. The van der Waals surface area contributed by atoms with Crippen molar-refractivity contribution < 1.29 is 9.21 Å². The molecule has 3 aromatic rings. The van der Waals surface area contributed by atoms with Gasteiger partial charge in [-0.15, -0.1) is 12.4 Å². The van der Waals surface area contributed by atoms with Crippen LogP contribution in [0.1, 0.15) is 22.5 Å². The van der Waals surface area contributed by atoms with Crippen molar-refractivity contribution in [2.24, 2.45) is 0 Å². The molecule has 0 aliphatic rings. The van der Waals surface area contributed by atoms with Crippen molar-refractivity contribution in [3.63, 3.8) is 0 Å². The van der Waals surface area contributed by atoms with Crippen LogP contribution in [0.25, 0.3) is 10.2 Å². The zero-order valence-corrected chi connectivity index (χ0v) is 19.1. The second kappa shape index (κ2) is 9.39. The summed E-state index contributed by atoms with van der Waals surface area (Å²) in [6, 6.07) is 7.19. The molecular weight excluding hydrogens is 473 g/mol. The van der Waals surface area contributed by atoms with E-state index in [1.54, 1.807) is 17.0 Å². The summed E-state index contributed by atoms with van der Waals surface area (Å²) in [4.78, 5) is 21.5. The van der Waals surface area contributed by atoms with Crippen LogP contribution in [0.3, 0.4) is 0 Å². The summed E-state index contributed by atoms with van der Waals surface area (Å²) in [5.74, 6) is 0.0907. The Balaban J connectivity index is 0.00000261. The Labute approximate surface area is 181 Å². The van der Waals surface area contributed by atoms with E-state index < -0.39 is 0 Å². The fourth-order valence-electron chi connectivity index (χ4n) is 2.60. The Morgan fingerprint density at radius 1 is 1.26 bits per heavy atom. The summed E-state index contributed by atoms with van der Waals surface area (Å²) >= 11 is 11.0. The first-order valence-corrected chi connectivity index (χ1v) is 10.1. The monoisotopic (exact) mass is 491 g/mol. The van der Waals surface area contributed by atoms with Crippen molar-refractivity contribution in [3.8, 4) is 0 Å². The van der Waals surface area contributed by atoms with E-state index >= 15 is 0 Å². The number of fused-ring (bicyclic) bond motifs is 1. The Morgan fingerprint density at radius 2 is 2.00 bits per heavy atom. The van der Waals surface area contributed by atoms with Crippen molar-refractivity contribution in [1.29, 1.82) is 0 Å². The van der Waals surface area contributed by atoms with Crippen molar-refractivity contribution in [2.45, 2.75) is 13.3 Å². The van der Waals surface area contributed by atoms with Crippen molar-refractivity contribution >= 4 is 72.5 Å². The summed E-state index contributed by atoms with van der Waals surface area (Å²) in [5, 5.41) is 1.33. The second-order valence-electron chi connectivity index (χ2n) is 6.23. The third-order valence-corrected chi connectivity index (χ3v) is 5.86. The number of amides is 1. The molecule has 0 unspecified atom stereocenters. The fraction of sp³-hybridized carbons (Fsp3) is 0.333. The molecule has 0 bridgehead atoms. The molecule has 2 heterocycles. The van der Waals surface area contributed by atoms with Crippen LogP contribution in [0.5, 0.6) is 0 Å². The summed E-state index contributed by atoms with van der Waals surface area (Å²) in [7, 11) is 4.03. The molecule has 27 heavy (non-hydrogen) atoms. The molecule has 146 valence electrons. The maximum atomic E-state index is 13.0. The summed E-state index contributed by atoms with van der Waals surface area (Å²) in [6.45, 7) is 3.37. The van der Waals surface area contributed by atoms with Crippen LogP contribution < -0.4 is 4.90 Å². The maximum Gasteiger partial charge on any atom is 0.295 e. The fourth-order valence-corrected chi connectivity index (χ4v) is 4.10. The highest BCUT2D eigenvalue weighted by molar-refractivity contribution is 9.10. The lowest BCUT2D eigenvalue weighted by molar-refractivity contribution is 0.0958. The third-order valence-electron chi connectivity index (χ3n) is 3.98. The minimum absolute atomic E-state index is 0. The molecule has 1 aromatic carbocycles. The molecule has 2 aromatic heterocycles. The van der Waals surface area contributed by atoms with Crippen LogP contribution >= 0.6 is 51.3 Å². The molecule has 0 radical (unpaired) electrons. The minimum atomic E-state index is -0.197. The molecule has 0 aliphatic carbocycles. The zero-order chi connectivity index (χ0) is 18.8. The molecule has 0 aliphatic heterocycles. The Kier molecular flexibility index (Phi) is 7.71. The van der Waals surface area contributed by atoms with E-state index in [-0.39, 0.29) is 24.1 Å². The number of nitrogens with zero attached hydrogens (tertiary/aromatic N) is 3. The van der Waals surface area contributed by atoms with Gasteiger partial charge in [-0.05, 0) is 79.7 Å². The average molecular weight is 493 g/mol. The molecule has 0 atom stereocenters. The van der Waals surface area contributed by atoms with Crippen molar-refractivity contribution in [2.75, 3.05) is 32.1 Å². The smallest absolute Gasteiger partial charge is 0.295 e. The SMILES string of the molecule is Cc1c(Cl)ccc2sc(N(CCCN(C)C)C(=O)c3ccc(Br)o3)nc12.Cl. The van der Waals surface area contributed by atoms with E-state index in [1.165, 1.54) is 11.3 Å². The second-order valence-corrected chi connectivity index (χ2v) is 8.43. The molecule has 0 fully saturated rings. The van der Waals surface area contributed by atoms with Gasteiger partial charge in [-0.1, -0.05) is 22.9 Å². The van der Waals surface area contributed by atoms with Crippen LogP contribution in [-0.4, -0.2) is 43.0 Å². The summed E-state index contributed by atoms with van der Waals surface area (Å²) in [5.41, 5.74) is 1.76. The van der Waals surface area contributed by atoms with Crippen LogP contribution in [0, 0.1) is 6.92 Å². The van der Waals surface area contributed by atoms with Crippen LogP contribution in [0.4, 0.5) is 5.13 Å². The Bertz CT molecular complexity index is 942. The van der Waals surface area contributed by atoms with E-state index in [0.29, 0.717) is 21.4 Å². The number of carbonyl (C=O) groups is 1. The number of aryl methyl sites for hydroxylation is 1. The number of hydrogen-bond donors (Lipinski definition) is 0. The number of benzene rings is 1. The first kappa shape index (κ1) is 22.2. The number of anilines is 1. The predicted molar refractivity (Wildman–Crippen MR) is 118 cm³/mol. The van der Waals surface area contributed by atoms with Gasteiger partial charge in [-0.25, -0.2) is 4.98 Å². The van der Waals surface area contributed by atoms with Crippen LogP contribution in [0.15, 0.2) is 33.4 Å². The maximum absolute atomic E-state index is 13.0. The lowest BCUT2D eigenvalue weighted by atomic mass is 10.2. The lowest BCUT2D eigenvalue weighted by Crippen LogP contribution is -2.33. The Morgan fingerprint density at radius 3 is 2.63 bits per heavy atom. The molecule has 9 heteroatoms.